The number of carbonyl (C=O) groups is 4. The van der Waals surface area contributed by atoms with Crippen LogP contribution in [-0.2, 0) is 44.8 Å². The average molecular weight is 699 g/mol. The Morgan fingerprint density at radius 3 is 2.38 bits per heavy atom. The van der Waals surface area contributed by atoms with E-state index in [0.717, 1.165) is 49.7 Å². The number of nitrogens with zero attached hydrogens (tertiary/aromatic N) is 2. The van der Waals surface area contributed by atoms with Gasteiger partial charge in [0.2, 0.25) is 17.7 Å². The highest BCUT2D eigenvalue weighted by molar-refractivity contribution is 5.94. The van der Waals surface area contributed by atoms with Crippen LogP contribution in [0.1, 0.15) is 89.2 Å². The Hall–Kier alpha value is -3.36. The van der Waals surface area contributed by atoms with E-state index < -0.39 is 53.5 Å². The molecule has 3 N–H and O–H groups in total. The smallest absolute Gasteiger partial charge is 0.327 e. The van der Waals surface area contributed by atoms with Crippen molar-refractivity contribution in [3.63, 3.8) is 0 Å². The summed E-state index contributed by atoms with van der Waals surface area (Å²) < 4.78 is 19.9. The van der Waals surface area contributed by atoms with Crippen molar-refractivity contribution in [2.24, 2.45) is 5.41 Å². The van der Waals surface area contributed by atoms with Gasteiger partial charge in [0.15, 0.2) is 11.8 Å². The second kappa shape index (κ2) is 16.8. The molecule has 0 aromatic heterocycles. The lowest BCUT2D eigenvalue weighted by Gasteiger charge is -2.48. The molecule has 1 aromatic carbocycles. The average Bonchev–Trinajstić information content (AvgIpc) is 3.65. The number of hydrogen-bond acceptors (Lipinski definition) is 10. The first kappa shape index (κ1) is 37.9. The molecule has 1 saturated carbocycles. The van der Waals surface area contributed by atoms with Gasteiger partial charge in [0.1, 0.15) is 29.8 Å². The number of rotatable bonds is 18. The van der Waals surface area contributed by atoms with E-state index in [0.29, 0.717) is 12.8 Å². The lowest BCUT2D eigenvalue weighted by Crippen LogP contribution is -2.69. The van der Waals surface area contributed by atoms with Gasteiger partial charge in [-0.15, -0.1) is 0 Å². The van der Waals surface area contributed by atoms with Crippen molar-refractivity contribution in [1.82, 2.24) is 20.6 Å². The van der Waals surface area contributed by atoms with E-state index in [1.807, 2.05) is 24.3 Å². The number of amides is 3. The first-order chi connectivity index (χ1) is 24.1. The van der Waals surface area contributed by atoms with Crippen molar-refractivity contribution < 1.29 is 43.3 Å². The van der Waals surface area contributed by atoms with Crippen LogP contribution in [0.5, 0.6) is 0 Å². The van der Waals surface area contributed by atoms with E-state index in [1.54, 1.807) is 20.2 Å². The maximum absolute atomic E-state index is 14.5. The number of aliphatic hydroxyl groups excluding tert-OH is 1. The summed E-state index contributed by atoms with van der Waals surface area (Å²) in [7, 11) is 3.35. The summed E-state index contributed by atoms with van der Waals surface area (Å²) in [6.45, 7) is 4.40. The number of aliphatic hydroxyl groups is 1. The van der Waals surface area contributed by atoms with Crippen molar-refractivity contribution in [3.05, 3.63) is 41.5 Å². The lowest BCUT2D eigenvalue weighted by atomic mass is 9.62. The molecule has 0 radical (unpaired) electrons. The zero-order valence-corrected chi connectivity index (χ0v) is 29.9. The summed E-state index contributed by atoms with van der Waals surface area (Å²) in [6.07, 6.45) is 7.88. The summed E-state index contributed by atoms with van der Waals surface area (Å²) in [5, 5.41) is 16.1. The van der Waals surface area contributed by atoms with Crippen molar-refractivity contribution in [3.8, 4) is 0 Å². The molecular weight excluding hydrogens is 644 g/mol. The third kappa shape index (κ3) is 7.91. The molecule has 3 amide bonds. The summed E-state index contributed by atoms with van der Waals surface area (Å²) in [6, 6.07) is 6.41. The molecular formula is C37H54N4O9. The van der Waals surface area contributed by atoms with Gasteiger partial charge in [-0.2, -0.15) is 5.06 Å². The Bertz CT molecular complexity index is 1390. The molecule has 50 heavy (non-hydrogen) atoms. The van der Waals surface area contributed by atoms with E-state index in [1.165, 1.54) is 16.0 Å². The second-order valence-corrected chi connectivity index (χ2v) is 14.1. The number of nitrogens with one attached hydrogen (secondary N) is 2. The van der Waals surface area contributed by atoms with Gasteiger partial charge in [-0.05, 0) is 30.0 Å². The van der Waals surface area contributed by atoms with E-state index in [4.69, 9.17) is 24.2 Å². The van der Waals surface area contributed by atoms with Crippen molar-refractivity contribution >= 4 is 29.8 Å². The van der Waals surface area contributed by atoms with E-state index in [2.05, 4.69) is 24.5 Å². The van der Waals surface area contributed by atoms with E-state index >= 15 is 0 Å². The Morgan fingerprint density at radius 1 is 1.00 bits per heavy atom. The molecule has 6 atom stereocenters. The van der Waals surface area contributed by atoms with Crippen molar-refractivity contribution in [1.29, 1.82) is 0 Å². The lowest BCUT2D eigenvalue weighted by molar-refractivity contribution is -0.224. The summed E-state index contributed by atoms with van der Waals surface area (Å²) in [5.41, 5.74) is 0.175. The maximum Gasteiger partial charge on any atom is 0.327 e. The number of ether oxygens (including phenoxy) is 3. The highest BCUT2D eigenvalue weighted by atomic mass is 16.8. The monoisotopic (exact) mass is 698 g/mol. The van der Waals surface area contributed by atoms with Crippen LogP contribution in [0.15, 0.2) is 30.3 Å². The van der Waals surface area contributed by atoms with Gasteiger partial charge in [-0.3, -0.25) is 24.0 Å². The molecule has 13 heteroatoms. The van der Waals surface area contributed by atoms with Gasteiger partial charge in [0.25, 0.3) is 0 Å². The van der Waals surface area contributed by atoms with Crippen LogP contribution >= 0.6 is 0 Å². The summed E-state index contributed by atoms with van der Waals surface area (Å²) in [4.78, 5) is 61.3. The standard InChI is InChI=1S/C37H54N4O9/c1-5-7-11-18-36(19-12-8-6-2)48-30-27-23-37(35(46)39-20-17-28(43)38-21-22-42)32(34(45)47-27)41(50-33(37)31(30)49-36)24-26-14-10-9-13-25(26)15-16-29(44)40(3)4/h9-10,13-16,27,30-33,42H,5-8,11-12,17-24H2,1-4H3,(H,38,43)(H,39,46)/t27?,30-,31-,32-,33+,37?/m0/s1. The fourth-order valence-electron chi connectivity index (χ4n) is 7.75. The van der Waals surface area contributed by atoms with Crippen LogP contribution in [0.4, 0.5) is 0 Å². The number of esters is 1. The van der Waals surface area contributed by atoms with Gasteiger partial charge in [-0.1, -0.05) is 63.8 Å². The molecule has 3 aliphatic heterocycles. The summed E-state index contributed by atoms with van der Waals surface area (Å²) >= 11 is 0. The van der Waals surface area contributed by atoms with E-state index in [9.17, 15) is 19.2 Å². The number of likely N-dealkylation sites (N-methyl/N-ethyl adjacent to an activating group) is 1. The van der Waals surface area contributed by atoms with Gasteiger partial charge in [0, 0.05) is 58.9 Å². The third-order valence-electron chi connectivity index (χ3n) is 10.3. The minimum absolute atomic E-state index is 0.00457. The number of unbranched alkanes of at least 4 members (excludes halogenated alkanes) is 4. The first-order valence-corrected chi connectivity index (χ1v) is 18.2. The Balaban J connectivity index is 1.48. The SMILES string of the molecule is CCCCCC1(CCCCC)O[C@@H]2[C@H]3ON(Cc4ccccc4C=CC(=O)N(C)C)[C@H]4C(=O)OC(CC34C(=O)NCCC(=O)NCCO)[C@@H]2O1. The maximum atomic E-state index is 14.5. The molecule has 1 aliphatic carbocycles. The molecule has 0 spiro atoms. The molecule has 13 nitrogen and oxygen atoms in total. The highest BCUT2D eigenvalue weighted by Crippen LogP contribution is 2.58. The molecule has 276 valence electrons. The van der Waals surface area contributed by atoms with Crippen LogP contribution in [0, 0.1) is 5.41 Å². The second-order valence-electron chi connectivity index (χ2n) is 14.1. The van der Waals surface area contributed by atoms with Crippen LogP contribution in [-0.4, -0.2) is 109 Å². The molecule has 4 fully saturated rings. The van der Waals surface area contributed by atoms with E-state index in [-0.39, 0.29) is 50.9 Å². The minimum Gasteiger partial charge on any atom is -0.458 e. The molecule has 2 unspecified atom stereocenters. The minimum atomic E-state index is -1.37. The molecule has 4 aliphatic rings. The van der Waals surface area contributed by atoms with Gasteiger partial charge >= 0.3 is 5.97 Å². The molecule has 3 saturated heterocycles. The van der Waals surface area contributed by atoms with Crippen molar-refractivity contribution in [2.75, 3.05) is 33.8 Å². The number of carbonyl (C=O) groups excluding carboxylic acids is 4. The predicted octanol–water partition coefficient (Wildman–Crippen LogP) is 2.84. The largest absolute Gasteiger partial charge is 0.458 e. The molecule has 5 rings (SSSR count). The Labute approximate surface area is 294 Å². The molecule has 1 aromatic rings. The normalized spacial score (nSPS) is 27.9. The quantitative estimate of drug-likeness (QED) is 0.118. The number of hydrogen-bond donors (Lipinski definition) is 3. The fourth-order valence-corrected chi connectivity index (χ4v) is 7.75. The van der Waals surface area contributed by atoms with Gasteiger partial charge < -0.3 is 34.9 Å². The van der Waals surface area contributed by atoms with Gasteiger partial charge in [-0.25, -0.2) is 0 Å². The van der Waals surface area contributed by atoms with Crippen LogP contribution < -0.4 is 10.6 Å². The zero-order chi connectivity index (χ0) is 35.9. The number of hydroxylamine groups is 2. The Kier molecular flexibility index (Phi) is 12.7. The molecule has 2 bridgehead atoms. The highest BCUT2D eigenvalue weighted by Gasteiger charge is 2.76. The van der Waals surface area contributed by atoms with Gasteiger partial charge in [0.05, 0.1) is 13.2 Å². The fraction of sp³-hybridized carbons (Fsp3) is 0.676. The Morgan fingerprint density at radius 2 is 1.70 bits per heavy atom. The first-order valence-electron chi connectivity index (χ1n) is 18.2. The third-order valence-corrected chi connectivity index (χ3v) is 10.3. The van der Waals surface area contributed by atoms with Crippen LogP contribution in [0.2, 0.25) is 0 Å². The topological polar surface area (TPSA) is 156 Å². The zero-order valence-electron chi connectivity index (χ0n) is 29.9. The molecule has 3 heterocycles. The predicted molar refractivity (Wildman–Crippen MR) is 184 cm³/mol. The van der Waals surface area contributed by atoms with Crippen LogP contribution in [0.25, 0.3) is 6.08 Å². The van der Waals surface area contributed by atoms with Crippen molar-refractivity contribution in [2.45, 2.75) is 121 Å². The number of benzene rings is 1. The summed E-state index contributed by atoms with van der Waals surface area (Å²) in [5.74, 6) is -2.35. The van der Waals surface area contributed by atoms with Crippen LogP contribution in [0.3, 0.4) is 0 Å². The number of fused-ring (bicyclic) bond motifs is 4.